The molecule has 166 valence electrons. The van der Waals surface area contributed by atoms with E-state index in [0.717, 1.165) is 61.1 Å². The predicted octanol–water partition coefficient (Wildman–Crippen LogP) is 3.55. The molecule has 31 heavy (non-hydrogen) atoms. The molecule has 0 unspecified atom stereocenters. The molecule has 0 bridgehead atoms. The molecule has 2 aliphatic heterocycles. The summed E-state index contributed by atoms with van der Waals surface area (Å²) in [5.74, 6) is 3.14. The molecule has 2 aliphatic rings. The highest BCUT2D eigenvalue weighted by atomic mass is 35.5. The summed E-state index contributed by atoms with van der Waals surface area (Å²) < 4.78 is 7.67. The van der Waals surface area contributed by atoms with Crippen molar-refractivity contribution in [1.29, 1.82) is 0 Å². The van der Waals surface area contributed by atoms with Gasteiger partial charge in [0.15, 0.2) is 5.82 Å². The Morgan fingerprint density at radius 2 is 1.84 bits per heavy atom. The van der Waals surface area contributed by atoms with Crippen molar-refractivity contribution in [3.63, 3.8) is 0 Å². The van der Waals surface area contributed by atoms with Crippen LogP contribution in [0.25, 0.3) is 16.7 Å². The highest BCUT2D eigenvalue weighted by molar-refractivity contribution is 5.85. The Hall–Kier alpha value is -2.22. The molecule has 0 amide bonds. The highest BCUT2D eigenvalue weighted by Crippen LogP contribution is 2.32. The van der Waals surface area contributed by atoms with Crippen LogP contribution in [0.15, 0.2) is 24.4 Å². The van der Waals surface area contributed by atoms with Crippen molar-refractivity contribution < 1.29 is 4.74 Å². The lowest BCUT2D eigenvalue weighted by Crippen LogP contribution is -2.41. The van der Waals surface area contributed by atoms with E-state index in [1.165, 1.54) is 24.0 Å². The molecular formula is C23H31ClN6O. The zero-order valence-corrected chi connectivity index (χ0v) is 19.3. The maximum Gasteiger partial charge on any atom is 0.159 e. The fraction of sp³-hybridized carbons (Fsp3) is 0.522. The third kappa shape index (κ3) is 4.40. The van der Waals surface area contributed by atoms with Gasteiger partial charge in [0.05, 0.1) is 24.4 Å². The number of nitrogens with zero attached hydrogens (tertiary/aromatic N) is 5. The Morgan fingerprint density at radius 1 is 1.06 bits per heavy atom. The van der Waals surface area contributed by atoms with Crippen molar-refractivity contribution in [2.45, 2.75) is 45.6 Å². The van der Waals surface area contributed by atoms with E-state index in [2.05, 4.69) is 42.3 Å². The van der Waals surface area contributed by atoms with Crippen molar-refractivity contribution in [3.8, 4) is 5.82 Å². The zero-order chi connectivity index (χ0) is 20.7. The van der Waals surface area contributed by atoms with Gasteiger partial charge in [0.2, 0.25) is 0 Å². The summed E-state index contributed by atoms with van der Waals surface area (Å²) in [4.78, 5) is 11.7. The predicted molar refractivity (Wildman–Crippen MR) is 126 cm³/mol. The number of aromatic nitrogens is 4. The fourth-order valence-electron chi connectivity index (χ4n) is 4.79. The molecule has 0 radical (unpaired) electrons. The van der Waals surface area contributed by atoms with Gasteiger partial charge in [-0.2, -0.15) is 5.10 Å². The molecule has 3 aromatic rings. The molecule has 4 heterocycles. The fourth-order valence-corrected chi connectivity index (χ4v) is 4.79. The second kappa shape index (κ2) is 9.10. The second-order valence-corrected chi connectivity index (χ2v) is 8.61. The number of ether oxygens (including phenoxy) is 1. The van der Waals surface area contributed by atoms with Crippen LogP contribution in [0.2, 0.25) is 0 Å². The van der Waals surface area contributed by atoms with Gasteiger partial charge in [0.25, 0.3) is 0 Å². The van der Waals surface area contributed by atoms with Gasteiger partial charge in [-0.3, -0.25) is 0 Å². The summed E-state index contributed by atoms with van der Waals surface area (Å²) >= 11 is 0. The van der Waals surface area contributed by atoms with Gasteiger partial charge in [-0.05, 0) is 75.9 Å². The lowest BCUT2D eigenvalue weighted by molar-refractivity contribution is 0.0529. The SMILES string of the molecule is Cc1nc(N2CCO[C@H](C)C2)cc(-n2ncc3cc(C)c(C4CCNCC4)cc32)n1.Cl. The third-order valence-corrected chi connectivity index (χ3v) is 6.33. The zero-order valence-electron chi connectivity index (χ0n) is 18.5. The van der Waals surface area contributed by atoms with Crippen molar-refractivity contribution in [2.24, 2.45) is 0 Å². The molecular weight excluding hydrogens is 412 g/mol. The van der Waals surface area contributed by atoms with Crippen molar-refractivity contribution in [2.75, 3.05) is 37.7 Å². The number of fused-ring (bicyclic) bond motifs is 1. The molecule has 1 atom stereocenters. The van der Waals surface area contributed by atoms with Crippen LogP contribution in [-0.4, -0.2) is 58.6 Å². The molecule has 1 N–H and O–H groups in total. The minimum atomic E-state index is 0. The number of aryl methyl sites for hydroxylation is 2. The molecule has 2 fully saturated rings. The molecule has 0 aliphatic carbocycles. The van der Waals surface area contributed by atoms with E-state index in [0.29, 0.717) is 5.92 Å². The number of benzene rings is 1. The Bertz CT molecular complexity index is 1060. The first kappa shape index (κ1) is 22.0. The average molecular weight is 443 g/mol. The van der Waals surface area contributed by atoms with Gasteiger partial charge in [-0.25, -0.2) is 14.6 Å². The molecule has 5 rings (SSSR count). The van der Waals surface area contributed by atoms with Gasteiger partial charge >= 0.3 is 0 Å². The molecule has 0 saturated carbocycles. The minimum absolute atomic E-state index is 0. The van der Waals surface area contributed by atoms with Crippen LogP contribution < -0.4 is 10.2 Å². The number of anilines is 1. The van der Waals surface area contributed by atoms with Gasteiger partial charge in [-0.1, -0.05) is 0 Å². The highest BCUT2D eigenvalue weighted by Gasteiger charge is 2.21. The number of hydrogen-bond donors (Lipinski definition) is 1. The standard InChI is InChI=1S/C23H30N6O.ClH/c1-15-10-19-13-25-29(21(19)11-20(15)18-4-6-24-7-5-18)23-12-22(26-17(3)27-23)28-8-9-30-16(2)14-28;/h10-13,16,18,24H,4-9,14H2,1-3H3;1H/t16-;/m1./s1. The second-order valence-electron chi connectivity index (χ2n) is 8.61. The summed E-state index contributed by atoms with van der Waals surface area (Å²) in [6.45, 7) is 10.9. The van der Waals surface area contributed by atoms with Crippen LogP contribution in [0, 0.1) is 13.8 Å². The van der Waals surface area contributed by atoms with E-state index in [-0.39, 0.29) is 18.5 Å². The van der Waals surface area contributed by atoms with Crippen molar-refractivity contribution in [3.05, 3.63) is 41.3 Å². The number of nitrogens with one attached hydrogen (secondary N) is 1. The van der Waals surface area contributed by atoms with Gasteiger partial charge in [0, 0.05) is 24.5 Å². The maximum atomic E-state index is 5.69. The van der Waals surface area contributed by atoms with Crippen LogP contribution in [0.3, 0.4) is 0 Å². The van der Waals surface area contributed by atoms with E-state index in [1.54, 1.807) is 0 Å². The van der Waals surface area contributed by atoms with Crippen molar-refractivity contribution in [1.82, 2.24) is 25.1 Å². The summed E-state index contributed by atoms with van der Waals surface area (Å²) in [7, 11) is 0. The summed E-state index contributed by atoms with van der Waals surface area (Å²) in [6.07, 6.45) is 4.53. The van der Waals surface area contributed by atoms with Crippen molar-refractivity contribution >= 4 is 29.1 Å². The van der Waals surface area contributed by atoms with Crippen LogP contribution in [0.1, 0.15) is 42.6 Å². The number of piperidine rings is 1. The largest absolute Gasteiger partial charge is 0.375 e. The van der Waals surface area contributed by atoms with Crippen LogP contribution >= 0.6 is 12.4 Å². The molecule has 2 aromatic heterocycles. The monoisotopic (exact) mass is 442 g/mol. The van der Waals surface area contributed by atoms with Crippen LogP contribution in [-0.2, 0) is 4.74 Å². The summed E-state index contributed by atoms with van der Waals surface area (Å²) in [5, 5.41) is 9.33. The Morgan fingerprint density at radius 3 is 2.61 bits per heavy atom. The first-order valence-corrected chi connectivity index (χ1v) is 11.0. The first-order chi connectivity index (χ1) is 14.6. The molecule has 7 nitrogen and oxygen atoms in total. The molecule has 2 saturated heterocycles. The third-order valence-electron chi connectivity index (χ3n) is 6.33. The van der Waals surface area contributed by atoms with E-state index in [9.17, 15) is 0 Å². The van der Waals surface area contributed by atoms with Gasteiger partial charge in [-0.15, -0.1) is 12.4 Å². The Labute approximate surface area is 189 Å². The molecule has 8 heteroatoms. The quantitative estimate of drug-likeness (QED) is 0.669. The normalized spacial score (nSPS) is 20.1. The average Bonchev–Trinajstić information content (AvgIpc) is 3.16. The number of halogens is 1. The summed E-state index contributed by atoms with van der Waals surface area (Å²) in [6, 6.07) is 6.66. The number of rotatable bonds is 3. The van der Waals surface area contributed by atoms with Crippen LogP contribution in [0.5, 0.6) is 0 Å². The molecule has 1 aromatic carbocycles. The van der Waals surface area contributed by atoms with Crippen LogP contribution in [0.4, 0.5) is 5.82 Å². The topological polar surface area (TPSA) is 68.1 Å². The minimum Gasteiger partial charge on any atom is -0.375 e. The van der Waals surface area contributed by atoms with E-state index in [1.807, 2.05) is 17.8 Å². The lowest BCUT2D eigenvalue weighted by atomic mass is 9.87. The summed E-state index contributed by atoms with van der Waals surface area (Å²) in [5.41, 5.74) is 3.92. The van der Waals surface area contributed by atoms with E-state index < -0.39 is 0 Å². The molecule has 0 spiro atoms. The first-order valence-electron chi connectivity index (χ1n) is 11.0. The smallest absolute Gasteiger partial charge is 0.159 e. The number of hydrogen-bond acceptors (Lipinski definition) is 6. The number of morpholine rings is 1. The van der Waals surface area contributed by atoms with Gasteiger partial charge in [0.1, 0.15) is 11.6 Å². The Balaban J connectivity index is 0.00000231. The van der Waals surface area contributed by atoms with E-state index >= 15 is 0 Å². The Kier molecular flexibility index (Phi) is 6.46. The maximum absolute atomic E-state index is 5.69. The van der Waals surface area contributed by atoms with Gasteiger partial charge < -0.3 is 15.0 Å². The lowest BCUT2D eigenvalue weighted by Gasteiger charge is -2.32. The van der Waals surface area contributed by atoms with E-state index in [4.69, 9.17) is 19.8 Å².